The van der Waals surface area contributed by atoms with Gasteiger partial charge in [-0.25, -0.2) is 13.1 Å². The molecule has 1 aromatic rings. The van der Waals surface area contributed by atoms with Crippen LogP contribution in [0.2, 0.25) is 0 Å². The van der Waals surface area contributed by atoms with Crippen molar-refractivity contribution in [2.75, 3.05) is 13.2 Å². The molecule has 0 radical (unpaired) electrons. The van der Waals surface area contributed by atoms with E-state index in [0.717, 1.165) is 10.0 Å². The first kappa shape index (κ1) is 16.6. The number of ether oxygens (including phenoxy) is 1. The molecule has 0 aliphatic heterocycles. The molecule has 0 unspecified atom stereocenters. The van der Waals surface area contributed by atoms with E-state index in [2.05, 4.69) is 20.7 Å². The Bertz CT molecular complexity index is 515. The zero-order chi connectivity index (χ0) is 14.5. The Morgan fingerprint density at radius 3 is 2.63 bits per heavy atom. The molecule has 0 aliphatic rings. The monoisotopic (exact) mass is 349 g/mol. The lowest BCUT2D eigenvalue weighted by atomic mass is 10.2. The summed E-state index contributed by atoms with van der Waals surface area (Å²) in [6.07, 6.45) is 0.832. The van der Waals surface area contributed by atoms with Crippen molar-refractivity contribution in [2.24, 2.45) is 0 Å². The van der Waals surface area contributed by atoms with Crippen molar-refractivity contribution in [1.29, 1.82) is 0 Å². The molecule has 0 aromatic heterocycles. The van der Waals surface area contributed by atoms with Gasteiger partial charge >= 0.3 is 0 Å². The van der Waals surface area contributed by atoms with Gasteiger partial charge in [-0.15, -0.1) is 0 Å². The molecule has 0 saturated heterocycles. The molecular formula is C13H20BrNO3S. The van der Waals surface area contributed by atoms with Gasteiger partial charge in [0.05, 0.1) is 11.0 Å². The van der Waals surface area contributed by atoms with Crippen LogP contribution < -0.4 is 4.72 Å². The normalized spacial score (nSPS) is 12.1. The molecule has 0 spiro atoms. The summed E-state index contributed by atoms with van der Waals surface area (Å²) in [6, 6.07) is 4.98. The van der Waals surface area contributed by atoms with Gasteiger partial charge in [-0.2, -0.15) is 0 Å². The molecule has 0 saturated carbocycles. The van der Waals surface area contributed by atoms with Gasteiger partial charge in [0.1, 0.15) is 0 Å². The molecule has 0 fully saturated rings. The van der Waals surface area contributed by atoms with Crippen LogP contribution in [0.3, 0.4) is 0 Å². The Hall–Kier alpha value is -0.430. The predicted molar refractivity (Wildman–Crippen MR) is 79.8 cm³/mol. The van der Waals surface area contributed by atoms with Crippen LogP contribution in [0.1, 0.15) is 25.8 Å². The summed E-state index contributed by atoms with van der Waals surface area (Å²) in [5.41, 5.74) is 0.894. The molecule has 6 heteroatoms. The van der Waals surface area contributed by atoms with Gasteiger partial charge in [0.25, 0.3) is 0 Å². The standard InChI is InChI=1S/C13H20BrNO3S/c1-10(2)18-8-4-7-15-19(16,17)12-5-6-13(14)11(3)9-12/h5-6,9-10,15H,4,7-8H2,1-3H3. The summed E-state index contributed by atoms with van der Waals surface area (Å²) >= 11 is 3.35. The average molecular weight is 350 g/mol. The van der Waals surface area contributed by atoms with E-state index in [4.69, 9.17) is 4.74 Å². The van der Waals surface area contributed by atoms with E-state index in [1.807, 2.05) is 20.8 Å². The van der Waals surface area contributed by atoms with Crippen LogP contribution >= 0.6 is 15.9 Å². The highest BCUT2D eigenvalue weighted by Gasteiger charge is 2.13. The van der Waals surface area contributed by atoms with Crippen molar-refractivity contribution in [3.63, 3.8) is 0 Å². The highest BCUT2D eigenvalue weighted by atomic mass is 79.9. The van der Waals surface area contributed by atoms with Crippen LogP contribution in [-0.4, -0.2) is 27.7 Å². The lowest BCUT2D eigenvalue weighted by Crippen LogP contribution is -2.26. The molecular weight excluding hydrogens is 330 g/mol. The number of nitrogens with one attached hydrogen (secondary N) is 1. The highest BCUT2D eigenvalue weighted by Crippen LogP contribution is 2.19. The van der Waals surface area contributed by atoms with Crippen LogP contribution in [0.15, 0.2) is 27.6 Å². The minimum absolute atomic E-state index is 0.172. The number of sulfonamides is 1. The SMILES string of the molecule is Cc1cc(S(=O)(=O)NCCCOC(C)C)ccc1Br. The zero-order valence-electron chi connectivity index (χ0n) is 11.4. The third kappa shape index (κ3) is 5.60. The number of halogens is 1. The molecule has 4 nitrogen and oxygen atoms in total. The Labute approximate surface area is 123 Å². The van der Waals surface area contributed by atoms with Crippen LogP contribution in [-0.2, 0) is 14.8 Å². The zero-order valence-corrected chi connectivity index (χ0v) is 13.8. The first-order valence-electron chi connectivity index (χ1n) is 6.20. The fraction of sp³-hybridized carbons (Fsp3) is 0.538. The maximum absolute atomic E-state index is 12.0. The largest absolute Gasteiger partial charge is 0.379 e. The smallest absolute Gasteiger partial charge is 0.240 e. The Balaban J connectivity index is 2.54. The number of hydrogen-bond acceptors (Lipinski definition) is 3. The topological polar surface area (TPSA) is 55.4 Å². The number of benzene rings is 1. The third-order valence-corrected chi connectivity index (χ3v) is 4.85. The number of rotatable bonds is 7. The second-order valence-electron chi connectivity index (χ2n) is 4.58. The lowest BCUT2D eigenvalue weighted by molar-refractivity contribution is 0.0778. The van der Waals surface area contributed by atoms with Gasteiger partial charge in [0.15, 0.2) is 0 Å². The third-order valence-electron chi connectivity index (χ3n) is 2.50. The van der Waals surface area contributed by atoms with Gasteiger partial charge in [0.2, 0.25) is 10.0 Å². The molecule has 0 bridgehead atoms. The maximum Gasteiger partial charge on any atom is 0.240 e. The molecule has 0 atom stereocenters. The van der Waals surface area contributed by atoms with Crippen molar-refractivity contribution in [1.82, 2.24) is 4.72 Å². The second-order valence-corrected chi connectivity index (χ2v) is 7.20. The molecule has 19 heavy (non-hydrogen) atoms. The second kappa shape index (κ2) is 7.38. The quantitative estimate of drug-likeness (QED) is 0.770. The molecule has 0 amide bonds. The van der Waals surface area contributed by atoms with Gasteiger partial charge in [0, 0.05) is 17.6 Å². The van der Waals surface area contributed by atoms with E-state index in [1.54, 1.807) is 18.2 Å². The van der Waals surface area contributed by atoms with Crippen LogP contribution in [0.25, 0.3) is 0 Å². The van der Waals surface area contributed by atoms with Gasteiger partial charge < -0.3 is 4.74 Å². The van der Waals surface area contributed by atoms with E-state index in [-0.39, 0.29) is 11.0 Å². The summed E-state index contributed by atoms with van der Waals surface area (Å²) in [7, 11) is -3.43. The van der Waals surface area contributed by atoms with Crippen molar-refractivity contribution >= 4 is 26.0 Å². The minimum Gasteiger partial charge on any atom is -0.379 e. The summed E-state index contributed by atoms with van der Waals surface area (Å²) in [4.78, 5) is 0.290. The molecule has 108 valence electrons. The fourth-order valence-corrected chi connectivity index (χ4v) is 2.87. The highest BCUT2D eigenvalue weighted by molar-refractivity contribution is 9.10. The first-order chi connectivity index (χ1) is 8.83. The van der Waals surface area contributed by atoms with Crippen LogP contribution in [0, 0.1) is 6.92 Å². The van der Waals surface area contributed by atoms with Crippen molar-refractivity contribution in [3.05, 3.63) is 28.2 Å². The van der Waals surface area contributed by atoms with Crippen LogP contribution in [0.4, 0.5) is 0 Å². The lowest BCUT2D eigenvalue weighted by Gasteiger charge is -2.09. The van der Waals surface area contributed by atoms with Crippen molar-refractivity contribution < 1.29 is 13.2 Å². The molecule has 1 N–H and O–H groups in total. The van der Waals surface area contributed by atoms with Gasteiger partial charge in [-0.05, 0) is 51.0 Å². The summed E-state index contributed by atoms with van der Waals surface area (Å²) in [5, 5.41) is 0. The Kier molecular flexibility index (Phi) is 6.46. The van der Waals surface area contributed by atoms with Crippen molar-refractivity contribution in [2.45, 2.75) is 38.2 Å². The Morgan fingerprint density at radius 2 is 2.05 bits per heavy atom. The average Bonchev–Trinajstić information content (AvgIpc) is 2.31. The maximum atomic E-state index is 12.0. The molecule has 1 aromatic carbocycles. The molecule has 1 rings (SSSR count). The first-order valence-corrected chi connectivity index (χ1v) is 8.48. The Morgan fingerprint density at radius 1 is 1.37 bits per heavy atom. The van der Waals surface area contributed by atoms with E-state index in [0.29, 0.717) is 19.6 Å². The van der Waals surface area contributed by atoms with Gasteiger partial charge in [-0.1, -0.05) is 15.9 Å². The summed E-state index contributed by atoms with van der Waals surface area (Å²) in [5.74, 6) is 0. The van der Waals surface area contributed by atoms with E-state index in [1.165, 1.54) is 0 Å². The van der Waals surface area contributed by atoms with Gasteiger partial charge in [-0.3, -0.25) is 0 Å². The van der Waals surface area contributed by atoms with E-state index >= 15 is 0 Å². The minimum atomic E-state index is -3.43. The predicted octanol–water partition coefficient (Wildman–Crippen LogP) is 2.85. The number of aryl methyl sites for hydroxylation is 1. The van der Waals surface area contributed by atoms with E-state index < -0.39 is 10.0 Å². The summed E-state index contributed by atoms with van der Waals surface area (Å²) < 4.78 is 32.9. The molecule has 0 aliphatic carbocycles. The van der Waals surface area contributed by atoms with E-state index in [9.17, 15) is 8.42 Å². The van der Waals surface area contributed by atoms with Crippen LogP contribution in [0.5, 0.6) is 0 Å². The molecule has 0 heterocycles. The summed E-state index contributed by atoms with van der Waals surface area (Å²) in [6.45, 7) is 6.70. The number of hydrogen-bond donors (Lipinski definition) is 1. The van der Waals surface area contributed by atoms with Crippen molar-refractivity contribution in [3.8, 4) is 0 Å². The fourth-order valence-electron chi connectivity index (χ4n) is 1.47.